The third-order valence-corrected chi connectivity index (χ3v) is 9.13. The Labute approximate surface area is 213 Å². The van der Waals surface area contributed by atoms with Gasteiger partial charge in [-0.2, -0.15) is 0 Å². The average Bonchev–Trinajstić information content (AvgIpc) is 3.07. The molecule has 2 aliphatic heterocycles. The van der Waals surface area contributed by atoms with Gasteiger partial charge in [0, 0.05) is 22.7 Å². The van der Waals surface area contributed by atoms with Crippen LogP contribution in [0.1, 0.15) is 37.1 Å². The fourth-order valence-electron chi connectivity index (χ4n) is 5.75. The average molecular weight is 510 g/mol. The molecule has 2 atom stereocenters. The molecular weight excluding hydrogens is 482 g/mol. The monoisotopic (exact) mass is 509 g/mol. The Bertz CT molecular complexity index is 1340. The number of hydrogen-bond donors (Lipinski definition) is 2. The van der Waals surface area contributed by atoms with E-state index in [2.05, 4.69) is 22.5 Å². The van der Waals surface area contributed by atoms with Gasteiger partial charge in [-0.05, 0) is 62.0 Å². The molecular formula is C26H28ClN5O2S. The number of nitrogens with one attached hydrogen (secondary N) is 2. The number of piperidine rings is 2. The van der Waals surface area contributed by atoms with Crippen molar-refractivity contribution < 1.29 is 9.59 Å². The van der Waals surface area contributed by atoms with Crippen molar-refractivity contribution >= 4 is 50.7 Å². The molecule has 35 heavy (non-hydrogen) atoms. The summed E-state index contributed by atoms with van der Waals surface area (Å²) in [5, 5.41) is 7.59. The second-order valence-electron chi connectivity index (χ2n) is 10.5. The number of anilines is 1. The van der Waals surface area contributed by atoms with Crippen molar-refractivity contribution in [2.45, 2.75) is 46.2 Å². The van der Waals surface area contributed by atoms with Gasteiger partial charge in [-0.1, -0.05) is 25.4 Å². The van der Waals surface area contributed by atoms with E-state index in [0.29, 0.717) is 17.7 Å². The molecule has 9 heteroatoms. The Morgan fingerprint density at radius 2 is 1.91 bits per heavy atom. The normalized spacial score (nSPS) is 23.7. The molecule has 3 aromatic rings. The van der Waals surface area contributed by atoms with Gasteiger partial charge in [0.15, 0.2) is 0 Å². The molecule has 2 N–H and O–H groups in total. The van der Waals surface area contributed by atoms with E-state index in [1.54, 1.807) is 17.5 Å². The molecule has 0 aromatic carbocycles. The molecule has 5 heterocycles. The number of imide groups is 1. The highest BCUT2D eigenvalue weighted by atomic mass is 35.5. The largest absolute Gasteiger partial charge is 0.380 e. The molecule has 0 spiro atoms. The molecule has 0 radical (unpaired) electrons. The maximum Gasteiger partial charge on any atom is 0.234 e. The molecule has 1 aliphatic carbocycles. The smallest absolute Gasteiger partial charge is 0.234 e. The predicted molar refractivity (Wildman–Crippen MR) is 138 cm³/mol. The van der Waals surface area contributed by atoms with Crippen LogP contribution in [0.3, 0.4) is 0 Å². The summed E-state index contributed by atoms with van der Waals surface area (Å²) in [5.41, 5.74) is 4.45. The second-order valence-corrected chi connectivity index (χ2v) is 12.0. The van der Waals surface area contributed by atoms with E-state index in [1.807, 2.05) is 32.0 Å². The van der Waals surface area contributed by atoms with Crippen molar-refractivity contribution in [3.05, 3.63) is 40.0 Å². The van der Waals surface area contributed by atoms with Crippen LogP contribution in [0.4, 0.5) is 5.69 Å². The summed E-state index contributed by atoms with van der Waals surface area (Å²) in [6, 6.07) is 6.22. The lowest BCUT2D eigenvalue weighted by Crippen LogP contribution is -2.35. The van der Waals surface area contributed by atoms with Crippen LogP contribution in [-0.2, 0) is 16.1 Å². The number of nitrogens with zero attached hydrogens (tertiary/aromatic N) is 3. The maximum absolute atomic E-state index is 12.8. The van der Waals surface area contributed by atoms with E-state index in [1.165, 1.54) is 4.90 Å². The zero-order chi connectivity index (χ0) is 24.5. The summed E-state index contributed by atoms with van der Waals surface area (Å²) >= 11 is 7.98. The van der Waals surface area contributed by atoms with Gasteiger partial charge in [0.2, 0.25) is 11.8 Å². The van der Waals surface area contributed by atoms with Crippen molar-refractivity contribution in [1.29, 1.82) is 0 Å². The van der Waals surface area contributed by atoms with Gasteiger partial charge in [-0.3, -0.25) is 19.5 Å². The highest BCUT2D eigenvalue weighted by molar-refractivity contribution is 7.19. The van der Waals surface area contributed by atoms with Crippen molar-refractivity contribution in [3.63, 3.8) is 0 Å². The first-order valence-corrected chi connectivity index (χ1v) is 13.3. The number of likely N-dealkylation sites (tertiary alicyclic amines) is 1. The van der Waals surface area contributed by atoms with E-state index in [9.17, 15) is 9.59 Å². The van der Waals surface area contributed by atoms with Gasteiger partial charge in [-0.25, -0.2) is 4.98 Å². The lowest BCUT2D eigenvalue weighted by molar-refractivity contribution is -0.143. The summed E-state index contributed by atoms with van der Waals surface area (Å²) in [6.45, 7) is 8.34. The van der Waals surface area contributed by atoms with Crippen LogP contribution >= 0.6 is 22.9 Å². The Morgan fingerprint density at radius 3 is 2.63 bits per heavy atom. The minimum absolute atomic E-state index is 0.0452. The quantitative estimate of drug-likeness (QED) is 0.385. The van der Waals surface area contributed by atoms with E-state index in [4.69, 9.17) is 16.6 Å². The summed E-state index contributed by atoms with van der Waals surface area (Å²) in [7, 11) is 0. The topological polar surface area (TPSA) is 87.2 Å². The Hall–Kier alpha value is -2.55. The van der Waals surface area contributed by atoms with Crippen molar-refractivity contribution in [2.75, 3.05) is 18.4 Å². The zero-order valence-corrected chi connectivity index (χ0v) is 21.6. The Balaban J connectivity index is 1.35. The van der Waals surface area contributed by atoms with Crippen LogP contribution in [0.15, 0.2) is 24.4 Å². The maximum atomic E-state index is 12.8. The van der Waals surface area contributed by atoms with Crippen LogP contribution in [-0.4, -0.2) is 45.8 Å². The number of fused-ring (bicyclic) bond motifs is 2. The first kappa shape index (κ1) is 22.9. The van der Waals surface area contributed by atoms with Crippen LogP contribution in [0, 0.1) is 24.2 Å². The number of carbonyl (C=O) groups is 2. The summed E-state index contributed by atoms with van der Waals surface area (Å²) in [6.07, 6.45) is 3.88. The van der Waals surface area contributed by atoms with Crippen molar-refractivity contribution in [1.82, 2.24) is 20.2 Å². The van der Waals surface area contributed by atoms with Gasteiger partial charge in [0.05, 0.1) is 40.0 Å². The second kappa shape index (κ2) is 8.25. The molecule has 3 aliphatic rings. The summed E-state index contributed by atoms with van der Waals surface area (Å²) < 4.78 is 0.981. The number of amides is 2. The molecule has 6 rings (SSSR count). The van der Waals surface area contributed by atoms with Gasteiger partial charge < -0.3 is 10.6 Å². The third-order valence-electron chi connectivity index (χ3n) is 7.80. The molecule has 3 fully saturated rings. The van der Waals surface area contributed by atoms with Crippen molar-refractivity contribution in [2.24, 2.45) is 17.3 Å². The lowest BCUT2D eigenvalue weighted by Gasteiger charge is -2.26. The Morgan fingerprint density at radius 1 is 1.20 bits per heavy atom. The molecule has 1 saturated carbocycles. The highest BCUT2D eigenvalue weighted by Crippen LogP contribution is 2.63. The number of aryl methyl sites for hydroxylation is 1. The number of hydrogen-bond acceptors (Lipinski definition) is 7. The fraction of sp³-hybridized carbons (Fsp3) is 0.462. The molecule has 2 unspecified atom stereocenters. The minimum Gasteiger partial charge on any atom is -0.380 e. The van der Waals surface area contributed by atoms with E-state index >= 15 is 0 Å². The number of pyridine rings is 2. The molecule has 0 bridgehead atoms. The third kappa shape index (κ3) is 3.74. The van der Waals surface area contributed by atoms with E-state index in [-0.39, 0.29) is 29.1 Å². The van der Waals surface area contributed by atoms with Gasteiger partial charge in [-0.15, -0.1) is 11.3 Å². The molecule has 7 nitrogen and oxygen atoms in total. The summed E-state index contributed by atoms with van der Waals surface area (Å²) in [4.78, 5) is 37.4. The number of halogens is 1. The van der Waals surface area contributed by atoms with Crippen LogP contribution < -0.4 is 10.6 Å². The van der Waals surface area contributed by atoms with Crippen LogP contribution in [0.2, 0.25) is 5.15 Å². The van der Waals surface area contributed by atoms with Crippen LogP contribution in [0.5, 0.6) is 0 Å². The van der Waals surface area contributed by atoms with E-state index < -0.39 is 0 Å². The molecule has 2 saturated heterocycles. The number of carbonyl (C=O) groups excluding carboxylic acids is 2. The first-order chi connectivity index (χ1) is 16.8. The number of aromatic nitrogens is 2. The fourth-order valence-corrected chi connectivity index (χ4v) is 7.11. The molecule has 3 aromatic heterocycles. The summed E-state index contributed by atoms with van der Waals surface area (Å²) in [5.74, 6) is -0.423. The zero-order valence-electron chi connectivity index (χ0n) is 20.0. The predicted octanol–water partition coefficient (Wildman–Crippen LogP) is 4.63. The molecule has 2 amide bonds. The molecule has 182 valence electrons. The van der Waals surface area contributed by atoms with Gasteiger partial charge in [0.25, 0.3) is 0 Å². The van der Waals surface area contributed by atoms with Crippen LogP contribution in [0.25, 0.3) is 21.5 Å². The Kier molecular flexibility index (Phi) is 5.39. The SMILES string of the molecule is Cc1cc(Cl)nc(-c2ccnc3cc(CN4C(=O)C5C(C4=O)C5(C)C)sc23)c1NC1CCNCC1. The number of thiophene rings is 1. The first-order valence-electron chi connectivity index (χ1n) is 12.1. The standard InChI is InChI=1S/C26H28ClN5O2S/c1-13-10-18(27)31-22(21(13)30-14-4-7-28-8-5-14)16-6-9-29-17-11-15(35-23(16)17)12-32-24(33)19-20(25(32)34)26(19,2)3/h6,9-11,14,19-20,28,30H,4-5,7-8,12H2,1-3H3. The minimum atomic E-state index is -0.201. The van der Waals surface area contributed by atoms with E-state index in [0.717, 1.165) is 63.5 Å². The van der Waals surface area contributed by atoms with Crippen molar-refractivity contribution in [3.8, 4) is 11.3 Å². The van der Waals surface area contributed by atoms with Gasteiger partial charge in [0.1, 0.15) is 5.15 Å². The van der Waals surface area contributed by atoms with Gasteiger partial charge >= 0.3 is 0 Å². The lowest BCUT2D eigenvalue weighted by atomic mass is 10.0. The highest BCUT2D eigenvalue weighted by Gasteiger charge is 2.72. The number of rotatable bonds is 5.